The minimum absolute atomic E-state index is 0.0899. The predicted octanol–water partition coefficient (Wildman–Crippen LogP) is 0.578. The molecular weight excluding hydrogens is 202 g/mol. The van der Waals surface area contributed by atoms with Crippen molar-refractivity contribution in [1.29, 1.82) is 0 Å². The van der Waals surface area contributed by atoms with Crippen LogP contribution in [-0.2, 0) is 10.2 Å². The molecule has 1 aliphatic rings. The van der Waals surface area contributed by atoms with E-state index in [-0.39, 0.29) is 11.3 Å². The Morgan fingerprint density at radius 2 is 2.38 bits per heavy atom. The number of hydrogen-bond donors (Lipinski definition) is 2. The summed E-state index contributed by atoms with van der Waals surface area (Å²) in [7, 11) is 0. The number of carbonyl (C=O) groups is 1. The fourth-order valence-corrected chi connectivity index (χ4v) is 2.29. The molecule has 2 rings (SSSR count). The van der Waals surface area contributed by atoms with E-state index in [4.69, 9.17) is 5.73 Å². The van der Waals surface area contributed by atoms with Gasteiger partial charge in [-0.1, -0.05) is 6.07 Å². The summed E-state index contributed by atoms with van der Waals surface area (Å²) in [5, 5.41) is 2.89. The smallest absolute Gasteiger partial charge is 0.220 e. The first-order valence-electron chi connectivity index (χ1n) is 5.64. The van der Waals surface area contributed by atoms with Gasteiger partial charge in [0, 0.05) is 37.3 Å². The Bertz CT molecular complexity index is 366. The quantitative estimate of drug-likeness (QED) is 0.764. The van der Waals surface area contributed by atoms with Crippen molar-refractivity contribution in [2.45, 2.75) is 24.7 Å². The lowest BCUT2D eigenvalue weighted by molar-refractivity contribution is -0.120. The first-order valence-corrected chi connectivity index (χ1v) is 5.64. The van der Waals surface area contributed by atoms with Crippen molar-refractivity contribution in [1.82, 2.24) is 10.3 Å². The van der Waals surface area contributed by atoms with Gasteiger partial charge >= 0.3 is 0 Å². The van der Waals surface area contributed by atoms with E-state index in [0.717, 1.165) is 18.4 Å². The number of aromatic nitrogens is 1. The number of pyridine rings is 1. The average molecular weight is 219 g/mol. The molecule has 1 atom stereocenters. The second-order valence-corrected chi connectivity index (χ2v) is 4.33. The van der Waals surface area contributed by atoms with Crippen LogP contribution in [0.25, 0.3) is 0 Å². The number of carbonyl (C=O) groups excluding carboxylic acids is 1. The van der Waals surface area contributed by atoms with Crippen molar-refractivity contribution in [3.05, 3.63) is 30.1 Å². The van der Waals surface area contributed by atoms with Gasteiger partial charge in [0.2, 0.25) is 5.91 Å². The van der Waals surface area contributed by atoms with Crippen LogP contribution in [0.1, 0.15) is 24.8 Å². The minimum Gasteiger partial charge on any atom is -0.356 e. The maximum atomic E-state index is 11.4. The van der Waals surface area contributed by atoms with Gasteiger partial charge in [0.1, 0.15) is 0 Å². The predicted molar refractivity (Wildman–Crippen MR) is 61.8 cm³/mol. The zero-order chi connectivity index (χ0) is 11.4. The van der Waals surface area contributed by atoms with Crippen LogP contribution in [0.15, 0.2) is 24.5 Å². The van der Waals surface area contributed by atoms with Gasteiger partial charge in [0.15, 0.2) is 0 Å². The highest BCUT2D eigenvalue weighted by molar-refractivity contribution is 5.76. The zero-order valence-corrected chi connectivity index (χ0v) is 9.28. The molecule has 86 valence electrons. The number of nitrogens with two attached hydrogens (primary N) is 1. The van der Waals surface area contributed by atoms with Crippen LogP contribution in [-0.4, -0.2) is 24.0 Å². The van der Waals surface area contributed by atoms with Gasteiger partial charge < -0.3 is 11.1 Å². The summed E-state index contributed by atoms with van der Waals surface area (Å²) < 4.78 is 0. The molecular formula is C12H17N3O. The van der Waals surface area contributed by atoms with Gasteiger partial charge in [-0.15, -0.1) is 0 Å². The molecule has 0 saturated carbocycles. The Morgan fingerprint density at radius 3 is 3.06 bits per heavy atom. The number of rotatable bonds is 2. The van der Waals surface area contributed by atoms with Crippen molar-refractivity contribution >= 4 is 5.91 Å². The van der Waals surface area contributed by atoms with Crippen LogP contribution in [0, 0.1) is 0 Å². The van der Waals surface area contributed by atoms with E-state index in [2.05, 4.69) is 16.4 Å². The van der Waals surface area contributed by atoms with E-state index >= 15 is 0 Å². The van der Waals surface area contributed by atoms with Crippen LogP contribution in [0.4, 0.5) is 0 Å². The second kappa shape index (κ2) is 4.61. The SMILES string of the molecule is NCC1(c2cccnc2)CCNC(=O)CC1. The van der Waals surface area contributed by atoms with Crippen molar-refractivity contribution in [2.75, 3.05) is 13.1 Å². The summed E-state index contributed by atoms with van der Waals surface area (Å²) in [6, 6.07) is 3.97. The van der Waals surface area contributed by atoms with E-state index < -0.39 is 0 Å². The fourth-order valence-electron chi connectivity index (χ4n) is 2.29. The fraction of sp³-hybridized carbons (Fsp3) is 0.500. The number of nitrogens with one attached hydrogen (secondary N) is 1. The van der Waals surface area contributed by atoms with Crippen molar-refractivity contribution < 1.29 is 4.79 Å². The molecule has 16 heavy (non-hydrogen) atoms. The second-order valence-electron chi connectivity index (χ2n) is 4.33. The standard InChI is InChI=1S/C12H17N3O/c13-9-12(10-2-1-6-14-8-10)4-3-11(16)15-7-5-12/h1-2,6,8H,3-5,7,9,13H2,(H,15,16). The molecule has 1 aliphatic heterocycles. The molecule has 4 heteroatoms. The highest BCUT2D eigenvalue weighted by Crippen LogP contribution is 2.32. The van der Waals surface area contributed by atoms with Gasteiger partial charge in [-0.2, -0.15) is 0 Å². The van der Waals surface area contributed by atoms with Crippen LogP contribution in [0.2, 0.25) is 0 Å². The Balaban J connectivity index is 2.28. The molecule has 0 aromatic carbocycles. The van der Waals surface area contributed by atoms with Gasteiger partial charge in [-0.25, -0.2) is 0 Å². The lowest BCUT2D eigenvalue weighted by Crippen LogP contribution is -2.36. The lowest BCUT2D eigenvalue weighted by atomic mass is 9.75. The molecule has 3 N–H and O–H groups in total. The summed E-state index contributed by atoms with van der Waals surface area (Å²) in [6.45, 7) is 1.26. The molecule has 4 nitrogen and oxygen atoms in total. The van der Waals surface area contributed by atoms with E-state index in [1.54, 1.807) is 6.20 Å². The maximum absolute atomic E-state index is 11.4. The van der Waals surface area contributed by atoms with E-state index in [0.29, 0.717) is 19.5 Å². The first-order chi connectivity index (χ1) is 7.77. The Hall–Kier alpha value is -1.42. The third-order valence-electron chi connectivity index (χ3n) is 3.42. The molecule has 0 aliphatic carbocycles. The highest BCUT2D eigenvalue weighted by Gasteiger charge is 2.33. The van der Waals surface area contributed by atoms with Gasteiger partial charge in [-0.05, 0) is 24.5 Å². The molecule has 1 amide bonds. The van der Waals surface area contributed by atoms with Crippen molar-refractivity contribution in [3.8, 4) is 0 Å². The van der Waals surface area contributed by atoms with Crippen LogP contribution in [0.5, 0.6) is 0 Å². The third-order valence-corrected chi connectivity index (χ3v) is 3.42. The van der Waals surface area contributed by atoms with Gasteiger partial charge in [0.05, 0.1) is 0 Å². The van der Waals surface area contributed by atoms with Crippen LogP contribution in [0.3, 0.4) is 0 Å². The largest absolute Gasteiger partial charge is 0.356 e. The molecule has 1 aromatic rings. The molecule has 1 fully saturated rings. The van der Waals surface area contributed by atoms with Crippen molar-refractivity contribution in [2.24, 2.45) is 5.73 Å². The molecule has 1 saturated heterocycles. The van der Waals surface area contributed by atoms with Gasteiger partial charge in [0.25, 0.3) is 0 Å². The van der Waals surface area contributed by atoms with E-state index in [9.17, 15) is 4.79 Å². The summed E-state index contributed by atoms with van der Waals surface area (Å²) in [4.78, 5) is 15.5. The molecule has 2 heterocycles. The molecule has 0 radical (unpaired) electrons. The first kappa shape index (κ1) is 11.1. The summed E-state index contributed by atoms with van der Waals surface area (Å²) in [6.07, 6.45) is 5.87. The monoisotopic (exact) mass is 219 g/mol. The zero-order valence-electron chi connectivity index (χ0n) is 9.28. The third kappa shape index (κ3) is 2.07. The molecule has 0 bridgehead atoms. The van der Waals surface area contributed by atoms with Crippen molar-refractivity contribution in [3.63, 3.8) is 0 Å². The normalized spacial score (nSPS) is 25.9. The maximum Gasteiger partial charge on any atom is 0.220 e. The average Bonchev–Trinajstić information content (AvgIpc) is 2.53. The number of nitrogens with zero attached hydrogens (tertiary/aromatic N) is 1. The summed E-state index contributed by atoms with van der Waals surface area (Å²) >= 11 is 0. The summed E-state index contributed by atoms with van der Waals surface area (Å²) in [5.74, 6) is 0.124. The highest BCUT2D eigenvalue weighted by atomic mass is 16.1. The Labute approximate surface area is 95.3 Å². The lowest BCUT2D eigenvalue weighted by Gasteiger charge is -2.30. The van der Waals surface area contributed by atoms with Crippen LogP contribution < -0.4 is 11.1 Å². The topological polar surface area (TPSA) is 68.0 Å². The molecule has 1 aromatic heterocycles. The van der Waals surface area contributed by atoms with E-state index in [1.807, 2.05) is 12.3 Å². The van der Waals surface area contributed by atoms with Crippen LogP contribution >= 0.6 is 0 Å². The minimum atomic E-state index is -0.0899. The number of amides is 1. The molecule has 0 spiro atoms. The van der Waals surface area contributed by atoms with Gasteiger partial charge in [-0.3, -0.25) is 9.78 Å². The Kier molecular flexibility index (Phi) is 3.19. The number of hydrogen-bond acceptors (Lipinski definition) is 3. The summed E-state index contributed by atoms with van der Waals surface area (Å²) in [5.41, 5.74) is 6.98. The molecule has 1 unspecified atom stereocenters. The Morgan fingerprint density at radius 1 is 1.50 bits per heavy atom. The van der Waals surface area contributed by atoms with E-state index in [1.165, 1.54) is 0 Å².